The van der Waals surface area contributed by atoms with Crippen molar-refractivity contribution in [2.24, 2.45) is 0 Å². The number of aryl methyl sites for hydroxylation is 1. The average Bonchev–Trinajstić information content (AvgIpc) is 2.65. The lowest BCUT2D eigenvalue weighted by Gasteiger charge is -2.20. The molecule has 2 aromatic rings. The maximum absolute atomic E-state index is 12.2. The van der Waals surface area contributed by atoms with Crippen LogP contribution in [0.4, 0.5) is 10.5 Å². The van der Waals surface area contributed by atoms with Crippen LogP contribution in [0.1, 0.15) is 24.8 Å². The highest BCUT2D eigenvalue weighted by molar-refractivity contribution is 5.93. The molecule has 132 valence electrons. The molecule has 5 nitrogen and oxygen atoms in total. The van der Waals surface area contributed by atoms with Crippen molar-refractivity contribution < 1.29 is 14.3 Å². The molecule has 0 saturated carbocycles. The number of hydrogen-bond donors (Lipinski definition) is 1. The molecule has 1 N–H and O–H groups in total. The third kappa shape index (κ3) is 5.95. The Morgan fingerprint density at radius 2 is 1.76 bits per heavy atom. The van der Waals surface area contributed by atoms with Gasteiger partial charge < -0.3 is 10.1 Å². The first kappa shape index (κ1) is 18.5. The van der Waals surface area contributed by atoms with Gasteiger partial charge >= 0.3 is 6.03 Å². The second-order valence-corrected chi connectivity index (χ2v) is 5.77. The third-order valence-corrected chi connectivity index (χ3v) is 3.97. The SMILES string of the molecule is CN(C(=O)NCCCCCc1ccccc1)c1ccccc1OC=O. The van der Waals surface area contributed by atoms with Crippen LogP contribution in [-0.4, -0.2) is 26.1 Å². The lowest BCUT2D eigenvalue weighted by atomic mass is 10.1. The van der Waals surface area contributed by atoms with E-state index in [2.05, 4.69) is 29.6 Å². The molecule has 0 atom stereocenters. The predicted octanol–water partition coefficient (Wildman–Crippen LogP) is 3.78. The molecule has 0 heterocycles. The van der Waals surface area contributed by atoms with Crippen molar-refractivity contribution >= 4 is 18.2 Å². The van der Waals surface area contributed by atoms with Crippen molar-refractivity contribution in [1.29, 1.82) is 0 Å². The highest BCUT2D eigenvalue weighted by Crippen LogP contribution is 2.26. The van der Waals surface area contributed by atoms with Gasteiger partial charge in [-0.2, -0.15) is 0 Å². The number of urea groups is 1. The summed E-state index contributed by atoms with van der Waals surface area (Å²) in [5, 5.41) is 2.89. The zero-order chi connectivity index (χ0) is 17.9. The van der Waals surface area contributed by atoms with E-state index in [9.17, 15) is 9.59 Å². The Hall–Kier alpha value is -2.82. The summed E-state index contributed by atoms with van der Waals surface area (Å²) in [5.41, 5.74) is 1.90. The lowest BCUT2D eigenvalue weighted by molar-refractivity contribution is -0.120. The van der Waals surface area contributed by atoms with Crippen LogP contribution in [-0.2, 0) is 11.2 Å². The van der Waals surface area contributed by atoms with Crippen molar-refractivity contribution in [2.45, 2.75) is 25.7 Å². The van der Waals surface area contributed by atoms with Crippen molar-refractivity contribution in [2.75, 3.05) is 18.5 Å². The molecular weight excluding hydrogens is 316 g/mol. The van der Waals surface area contributed by atoms with Crippen LogP contribution >= 0.6 is 0 Å². The summed E-state index contributed by atoms with van der Waals surface area (Å²) in [4.78, 5) is 24.2. The van der Waals surface area contributed by atoms with Crippen molar-refractivity contribution in [1.82, 2.24) is 5.32 Å². The van der Waals surface area contributed by atoms with Gasteiger partial charge in [0.1, 0.15) is 0 Å². The topological polar surface area (TPSA) is 58.6 Å². The molecule has 0 aromatic heterocycles. The van der Waals surface area contributed by atoms with Gasteiger partial charge in [-0.1, -0.05) is 48.9 Å². The minimum atomic E-state index is -0.218. The Bertz CT molecular complexity index is 674. The molecule has 2 rings (SSSR count). The van der Waals surface area contributed by atoms with E-state index in [1.165, 1.54) is 10.5 Å². The minimum absolute atomic E-state index is 0.218. The summed E-state index contributed by atoms with van der Waals surface area (Å²) in [7, 11) is 1.65. The van der Waals surface area contributed by atoms with Gasteiger partial charge in [-0.05, 0) is 37.0 Å². The van der Waals surface area contributed by atoms with E-state index in [-0.39, 0.29) is 6.03 Å². The number of unbranched alkanes of at least 4 members (excludes halogenated alkanes) is 2. The summed E-state index contributed by atoms with van der Waals surface area (Å²) < 4.78 is 4.91. The summed E-state index contributed by atoms with van der Waals surface area (Å²) in [6.45, 7) is 0.978. The van der Waals surface area contributed by atoms with E-state index < -0.39 is 0 Å². The Morgan fingerprint density at radius 3 is 2.52 bits per heavy atom. The first-order valence-electron chi connectivity index (χ1n) is 8.47. The average molecular weight is 340 g/mol. The molecule has 2 amide bonds. The van der Waals surface area contributed by atoms with Crippen LogP contribution in [0.3, 0.4) is 0 Å². The Kier molecular flexibility index (Phi) is 7.50. The molecule has 0 unspecified atom stereocenters. The van der Waals surface area contributed by atoms with Crippen LogP contribution in [0.2, 0.25) is 0 Å². The molecule has 0 aliphatic rings. The second-order valence-electron chi connectivity index (χ2n) is 5.77. The number of nitrogens with one attached hydrogen (secondary N) is 1. The zero-order valence-electron chi connectivity index (χ0n) is 14.5. The fourth-order valence-corrected chi connectivity index (χ4v) is 2.58. The van der Waals surface area contributed by atoms with E-state index >= 15 is 0 Å². The quantitative estimate of drug-likeness (QED) is 0.558. The normalized spacial score (nSPS) is 10.1. The van der Waals surface area contributed by atoms with Gasteiger partial charge in [-0.3, -0.25) is 9.69 Å². The fraction of sp³-hybridized carbons (Fsp3) is 0.300. The second kappa shape index (κ2) is 10.1. The number of rotatable bonds is 9. The van der Waals surface area contributed by atoms with E-state index in [1.54, 1.807) is 31.3 Å². The van der Waals surface area contributed by atoms with Gasteiger partial charge in [-0.15, -0.1) is 0 Å². The number of carbonyl (C=O) groups excluding carboxylic acids is 2. The summed E-state index contributed by atoms with van der Waals surface area (Å²) in [6, 6.07) is 17.1. The van der Waals surface area contributed by atoms with Crippen molar-refractivity contribution in [3.63, 3.8) is 0 Å². The van der Waals surface area contributed by atoms with Crippen LogP contribution in [0.25, 0.3) is 0 Å². The van der Waals surface area contributed by atoms with E-state index in [0.717, 1.165) is 25.7 Å². The van der Waals surface area contributed by atoms with E-state index in [4.69, 9.17) is 4.74 Å². The minimum Gasteiger partial charge on any atom is -0.427 e. The first-order chi connectivity index (χ1) is 12.2. The molecule has 0 fully saturated rings. The van der Waals surface area contributed by atoms with Gasteiger partial charge in [0.15, 0.2) is 5.75 Å². The Balaban J connectivity index is 1.70. The smallest absolute Gasteiger partial charge is 0.321 e. The summed E-state index contributed by atoms with van der Waals surface area (Å²) >= 11 is 0. The van der Waals surface area contributed by atoms with Crippen LogP contribution in [0.15, 0.2) is 54.6 Å². The van der Waals surface area contributed by atoms with Gasteiger partial charge in [0.25, 0.3) is 6.47 Å². The largest absolute Gasteiger partial charge is 0.427 e. The number of amides is 2. The predicted molar refractivity (Wildman–Crippen MR) is 98.9 cm³/mol. The molecule has 0 radical (unpaired) electrons. The monoisotopic (exact) mass is 340 g/mol. The number of benzene rings is 2. The summed E-state index contributed by atoms with van der Waals surface area (Å²) in [6.07, 6.45) is 4.15. The number of nitrogens with zero attached hydrogens (tertiary/aromatic N) is 1. The highest BCUT2D eigenvalue weighted by Gasteiger charge is 2.14. The van der Waals surface area contributed by atoms with Crippen LogP contribution < -0.4 is 15.0 Å². The fourth-order valence-electron chi connectivity index (χ4n) is 2.58. The van der Waals surface area contributed by atoms with Gasteiger partial charge in [0.05, 0.1) is 5.69 Å². The zero-order valence-corrected chi connectivity index (χ0v) is 14.5. The summed E-state index contributed by atoms with van der Waals surface area (Å²) in [5.74, 6) is 0.359. The molecule has 2 aromatic carbocycles. The molecule has 0 aliphatic heterocycles. The molecule has 0 spiro atoms. The number of anilines is 1. The first-order valence-corrected chi connectivity index (χ1v) is 8.47. The molecule has 0 bridgehead atoms. The molecular formula is C20H24N2O3. The van der Waals surface area contributed by atoms with E-state index in [0.29, 0.717) is 24.5 Å². The van der Waals surface area contributed by atoms with Crippen LogP contribution in [0, 0.1) is 0 Å². The van der Waals surface area contributed by atoms with Gasteiger partial charge in [0, 0.05) is 13.6 Å². The van der Waals surface area contributed by atoms with E-state index in [1.807, 2.05) is 6.07 Å². The maximum Gasteiger partial charge on any atom is 0.321 e. The number of ether oxygens (including phenoxy) is 1. The number of para-hydroxylation sites is 2. The maximum atomic E-state index is 12.2. The Labute approximate surface area is 148 Å². The molecule has 0 aliphatic carbocycles. The number of hydrogen-bond acceptors (Lipinski definition) is 3. The van der Waals surface area contributed by atoms with Crippen molar-refractivity contribution in [3.8, 4) is 5.75 Å². The lowest BCUT2D eigenvalue weighted by Crippen LogP contribution is -2.37. The van der Waals surface area contributed by atoms with Gasteiger partial charge in [0.2, 0.25) is 0 Å². The molecule has 25 heavy (non-hydrogen) atoms. The standard InChI is InChI=1S/C20H24N2O3/c1-22(18-13-7-8-14-19(18)25-16-23)20(24)21-15-9-3-6-12-17-10-4-2-5-11-17/h2,4-5,7-8,10-11,13-14,16H,3,6,9,12,15H2,1H3,(H,21,24). The third-order valence-electron chi connectivity index (χ3n) is 3.97. The van der Waals surface area contributed by atoms with Crippen LogP contribution in [0.5, 0.6) is 5.75 Å². The molecule has 5 heteroatoms. The number of carbonyl (C=O) groups is 2. The molecule has 0 saturated heterocycles. The van der Waals surface area contributed by atoms with Crippen molar-refractivity contribution in [3.05, 3.63) is 60.2 Å². The Morgan fingerprint density at radius 1 is 1.04 bits per heavy atom. The van der Waals surface area contributed by atoms with Gasteiger partial charge in [-0.25, -0.2) is 4.79 Å². The highest BCUT2D eigenvalue weighted by atomic mass is 16.5.